The van der Waals surface area contributed by atoms with Gasteiger partial charge >= 0.3 is 6.18 Å². The molecule has 122 valence electrons. The molecule has 0 spiro atoms. The number of nitrogens with one attached hydrogen (secondary N) is 1. The Kier molecular flexibility index (Phi) is 5.90. The maximum absolute atomic E-state index is 13.0. The van der Waals surface area contributed by atoms with E-state index in [0.717, 1.165) is 23.1 Å². The molecular formula is C15H14F3N3O2. The second kappa shape index (κ2) is 7.45. The van der Waals surface area contributed by atoms with E-state index in [1.165, 1.54) is 19.2 Å². The Bertz CT molecular complexity index is 650. The van der Waals surface area contributed by atoms with Crippen molar-refractivity contribution in [2.45, 2.75) is 12.2 Å². The van der Waals surface area contributed by atoms with Gasteiger partial charge in [-0.25, -0.2) is 0 Å². The number of alkyl halides is 3. The monoisotopic (exact) mass is 325 g/mol. The first-order valence-corrected chi connectivity index (χ1v) is 6.43. The quantitative estimate of drug-likeness (QED) is 0.842. The van der Waals surface area contributed by atoms with Crippen LogP contribution in [0.5, 0.6) is 0 Å². The first kappa shape index (κ1) is 18.2. The normalized spacial score (nSPS) is 12.0. The third kappa shape index (κ3) is 4.85. The number of carbonyl (C=O) groups excluding carboxylic acids is 2. The van der Waals surface area contributed by atoms with Gasteiger partial charge in [-0.3, -0.25) is 9.59 Å². The Hall–Kier alpha value is -2.82. The van der Waals surface area contributed by atoms with E-state index in [0.29, 0.717) is 0 Å². The van der Waals surface area contributed by atoms with Crippen molar-refractivity contribution in [2.24, 2.45) is 0 Å². The molecule has 0 bridgehead atoms. The van der Waals surface area contributed by atoms with Crippen LogP contribution in [0.1, 0.15) is 17.2 Å². The molecule has 0 saturated heterocycles. The van der Waals surface area contributed by atoms with Gasteiger partial charge in [-0.1, -0.05) is 24.8 Å². The highest BCUT2D eigenvalue weighted by Gasteiger charge is 2.35. The van der Waals surface area contributed by atoms with Gasteiger partial charge < -0.3 is 10.2 Å². The van der Waals surface area contributed by atoms with E-state index in [1.807, 2.05) is 0 Å². The van der Waals surface area contributed by atoms with Crippen molar-refractivity contribution in [1.29, 1.82) is 5.26 Å². The van der Waals surface area contributed by atoms with Crippen LogP contribution in [0.25, 0.3) is 0 Å². The fourth-order valence-electron chi connectivity index (χ4n) is 1.84. The van der Waals surface area contributed by atoms with Crippen LogP contribution in [0.3, 0.4) is 0 Å². The molecule has 23 heavy (non-hydrogen) atoms. The maximum Gasteiger partial charge on any atom is 0.416 e. The number of benzene rings is 1. The topological polar surface area (TPSA) is 73.2 Å². The molecule has 1 N–H and O–H groups in total. The zero-order valence-corrected chi connectivity index (χ0v) is 12.2. The average Bonchev–Trinajstić information content (AvgIpc) is 2.50. The Morgan fingerprint density at radius 2 is 2.04 bits per heavy atom. The van der Waals surface area contributed by atoms with Crippen molar-refractivity contribution in [1.82, 2.24) is 10.2 Å². The first-order valence-electron chi connectivity index (χ1n) is 6.43. The summed E-state index contributed by atoms with van der Waals surface area (Å²) in [5.74, 6) is -1.28. The van der Waals surface area contributed by atoms with Crippen molar-refractivity contribution >= 4 is 11.8 Å². The lowest BCUT2D eigenvalue weighted by Gasteiger charge is -2.19. The number of rotatable bonds is 5. The summed E-state index contributed by atoms with van der Waals surface area (Å²) in [7, 11) is 1.33. The van der Waals surface area contributed by atoms with Crippen molar-refractivity contribution in [3.05, 3.63) is 48.0 Å². The lowest BCUT2D eigenvalue weighted by molar-refractivity contribution is -0.138. The molecule has 0 aliphatic carbocycles. The second-order valence-corrected chi connectivity index (χ2v) is 4.61. The Morgan fingerprint density at radius 1 is 1.43 bits per heavy atom. The molecule has 1 atom stereocenters. The Morgan fingerprint density at radius 3 is 2.57 bits per heavy atom. The third-order valence-electron chi connectivity index (χ3n) is 2.94. The van der Waals surface area contributed by atoms with E-state index in [4.69, 9.17) is 5.26 Å². The Labute approximate surface area is 131 Å². The fourth-order valence-corrected chi connectivity index (χ4v) is 1.84. The standard InChI is InChI=1S/C15H14F3N3O2/c1-3-14(23)21(2)9-13(22)20-12(8-19)10-6-4-5-7-11(10)15(16,17)18/h3-7,12H,1,9H2,2H3,(H,20,22). The van der Waals surface area contributed by atoms with Crippen LogP contribution in [0.15, 0.2) is 36.9 Å². The summed E-state index contributed by atoms with van der Waals surface area (Å²) in [5, 5.41) is 11.3. The van der Waals surface area contributed by atoms with Gasteiger partial charge in [0.2, 0.25) is 11.8 Å². The van der Waals surface area contributed by atoms with E-state index < -0.39 is 36.1 Å². The highest BCUT2D eigenvalue weighted by Crippen LogP contribution is 2.34. The van der Waals surface area contributed by atoms with Crippen LogP contribution in [0.4, 0.5) is 13.2 Å². The van der Waals surface area contributed by atoms with E-state index >= 15 is 0 Å². The predicted molar refractivity (Wildman–Crippen MR) is 75.8 cm³/mol. The maximum atomic E-state index is 13.0. The summed E-state index contributed by atoms with van der Waals surface area (Å²) in [6, 6.07) is 4.63. The van der Waals surface area contributed by atoms with Gasteiger partial charge in [-0.05, 0) is 12.1 Å². The number of nitrogens with zero attached hydrogens (tertiary/aromatic N) is 2. The summed E-state index contributed by atoms with van der Waals surface area (Å²) in [5.41, 5.74) is -1.35. The number of hydrogen-bond donors (Lipinski definition) is 1. The molecule has 0 fully saturated rings. The number of carbonyl (C=O) groups is 2. The van der Waals surface area contributed by atoms with Crippen molar-refractivity contribution in [3.63, 3.8) is 0 Å². The minimum atomic E-state index is -4.65. The first-order chi connectivity index (χ1) is 10.7. The molecule has 1 aromatic rings. The van der Waals surface area contributed by atoms with Crippen LogP contribution in [0.2, 0.25) is 0 Å². The van der Waals surface area contributed by atoms with E-state index in [2.05, 4.69) is 11.9 Å². The van der Waals surface area contributed by atoms with Gasteiger partial charge in [0.1, 0.15) is 6.04 Å². The van der Waals surface area contributed by atoms with E-state index in [9.17, 15) is 22.8 Å². The van der Waals surface area contributed by atoms with Crippen LogP contribution < -0.4 is 5.32 Å². The summed E-state index contributed by atoms with van der Waals surface area (Å²) in [6.45, 7) is 2.85. The summed E-state index contributed by atoms with van der Waals surface area (Å²) < 4.78 is 38.9. The lowest BCUT2D eigenvalue weighted by atomic mass is 10.0. The number of hydrogen-bond acceptors (Lipinski definition) is 3. The van der Waals surface area contributed by atoms with Crippen molar-refractivity contribution < 1.29 is 22.8 Å². The molecule has 0 radical (unpaired) electrons. The molecule has 1 rings (SSSR count). The number of halogens is 3. The minimum absolute atomic E-state index is 0.353. The van der Waals surface area contributed by atoms with Crippen molar-refractivity contribution in [2.75, 3.05) is 13.6 Å². The lowest BCUT2D eigenvalue weighted by Crippen LogP contribution is -2.39. The zero-order chi connectivity index (χ0) is 17.6. The number of likely N-dealkylation sites (N-methyl/N-ethyl adjacent to an activating group) is 1. The molecule has 5 nitrogen and oxygen atoms in total. The van der Waals surface area contributed by atoms with Gasteiger partial charge in [0.05, 0.1) is 18.2 Å². The summed E-state index contributed by atoms with van der Waals surface area (Å²) >= 11 is 0. The molecule has 8 heteroatoms. The highest BCUT2D eigenvalue weighted by atomic mass is 19.4. The number of amides is 2. The predicted octanol–water partition coefficient (Wildman–Crippen LogP) is 2.03. The highest BCUT2D eigenvalue weighted by molar-refractivity contribution is 5.90. The van der Waals surface area contributed by atoms with Crippen LogP contribution in [-0.2, 0) is 15.8 Å². The molecule has 0 heterocycles. The summed E-state index contributed by atoms with van der Waals surface area (Å²) in [6.07, 6.45) is -3.65. The average molecular weight is 325 g/mol. The van der Waals surface area contributed by atoms with Gasteiger partial charge in [-0.15, -0.1) is 0 Å². The molecule has 2 amide bonds. The largest absolute Gasteiger partial charge is 0.416 e. The summed E-state index contributed by atoms with van der Waals surface area (Å²) in [4.78, 5) is 24.1. The molecule has 0 saturated carbocycles. The van der Waals surface area contributed by atoms with Gasteiger partial charge in [-0.2, -0.15) is 18.4 Å². The van der Waals surface area contributed by atoms with E-state index in [-0.39, 0.29) is 5.56 Å². The van der Waals surface area contributed by atoms with Gasteiger partial charge in [0, 0.05) is 12.6 Å². The van der Waals surface area contributed by atoms with Crippen molar-refractivity contribution in [3.8, 4) is 6.07 Å². The number of nitriles is 1. The molecule has 0 aliphatic rings. The van der Waals surface area contributed by atoms with Crippen LogP contribution in [0, 0.1) is 11.3 Å². The fraction of sp³-hybridized carbons (Fsp3) is 0.267. The third-order valence-corrected chi connectivity index (χ3v) is 2.94. The molecule has 1 unspecified atom stereocenters. The molecule has 0 aliphatic heterocycles. The van der Waals surface area contributed by atoms with Crippen LogP contribution in [-0.4, -0.2) is 30.3 Å². The zero-order valence-electron chi connectivity index (χ0n) is 12.2. The molecule has 1 aromatic carbocycles. The van der Waals surface area contributed by atoms with E-state index in [1.54, 1.807) is 6.07 Å². The second-order valence-electron chi connectivity index (χ2n) is 4.61. The SMILES string of the molecule is C=CC(=O)N(C)CC(=O)NC(C#N)c1ccccc1C(F)(F)F. The van der Waals surface area contributed by atoms with Gasteiger partial charge in [0.25, 0.3) is 0 Å². The molecular weight excluding hydrogens is 311 g/mol. The Balaban J connectivity index is 2.95. The van der Waals surface area contributed by atoms with Crippen LogP contribution >= 0.6 is 0 Å². The minimum Gasteiger partial charge on any atom is -0.335 e. The molecule has 0 aromatic heterocycles. The van der Waals surface area contributed by atoms with Gasteiger partial charge in [0.15, 0.2) is 0 Å². The smallest absolute Gasteiger partial charge is 0.335 e.